The number of ether oxygens (including phenoxy) is 1. The molecule has 100 valence electrons. The summed E-state index contributed by atoms with van der Waals surface area (Å²) in [4.78, 5) is 24.4. The predicted molar refractivity (Wildman–Crippen MR) is 57.8 cm³/mol. The van der Waals surface area contributed by atoms with Crippen molar-refractivity contribution in [1.82, 2.24) is 9.55 Å². The summed E-state index contributed by atoms with van der Waals surface area (Å²) in [5.41, 5.74) is -3.72. The third-order valence-electron chi connectivity index (χ3n) is 3.00. The van der Waals surface area contributed by atoms with Crippen molar-refractivity contribution in [2.24, 2.45) is 0 Å². The van der Waals surface area contributed by atoms with Gasteiger partial charge in [-0.3, -0.25) is 14.3 Å². The van der Waals surface area contributed by atoms with Crippen molar-refractivity contribution in [2.75, 3.05) is 6.61 Å². The van der Waals surface area contributed by atoms with Gasteiger partial charge in [0.2, 0.25) is 0 Å². The molecule has 0 bridgehead atoms. The summed E-state index contributed by atoms with van der Waals surface area (Å²) >= 11 is 0. The average molecular weight is 260 g/mol. The molecule has 4 atom stereocenters. The fourth-order valence-electron chi connectivity index (χ4n) is 1.97. The van der Waals surface area contributed by atoms with Crippen LogP contribution in [0.2, 0.25) is 0 Å². The summed E-state index contributed by atoms with van der Waals surface area (Å²) < 4.78 is 20.3. The topological polar surface area (TPSA) is 105 Å². The highest BCUT2D eigenvalue weighted by atomic mass is 19.1. The molecule has 1 aliphatic rings. The molecule has 0 aromatic carbocycles. The fourth-order valence-corrected chi connectivity index (χ4v) is 1.97. The zero-order chi connectivity index (χ0) is 13.5. The number of aromatic amines is 1. The van der Waals surface area contributed by atoms with E-state index in [1.165, 1.54) is 0 Å². The third-order valence-corrected chi connectivity index (χ3v) is 3.00. The zero-order valence-corrected chi connectivity index (χ0v) is 9.54. The monoisotopic (exact) mass is 260 g/mol. The molecule has 1 aromatic heterocycles. The summed E-state index contributed by atoms with van der Waals surface area (Å²) in [5, 5.41) is 18.6. The Morgan fingerprint density at radius 1 is 1.61 bits per heavy atom. The zero-order valence-electron chi connectivity index (χ0n) is 9.54. The molecule has 2 heterocycles. The largest absolute Gasteiger partial charge is 0.394 e. The van der Waals surface area contributed by atoms with Crippen molar-refractivity contribution in [3.05, 3.63) is 33.1 Å². The van der Waals surface area contributed by atoms with Gasteiger partial charge in [-0.05, 0) is 6.92 Å². The normalized spacial score (nSPS) is 35.9. The van der Waals surface area contributed by atoms with Gasteiger partial charge in [0.1, 0.15) is 12.2 Å². The number of hydrogen-bond acceptors (Lipinski definition) is 5. The minimum absolute atomic E-state index is 0.574. The molecule has 2 rings (SSSR count). The van der Waals surface area contributed by atoms with Gasteiger partial charge in [0.05, 0.1) is 6.61 Å². The van der Waals surface area contributed by atoms with Gasteiger partial charge >= 0.3 is 5.69 Å². The van der Waals surface area contributed by atoms with Crippen molar-refractivity contribution in [1.29, 1.82) is 0 Å². The van der Waals surface area contributed by atoms with Crippen LogP contribution in [0.3, 0.4) is 0 Å². The summed E-state index contributed by atoms with van der Waals surface area (Å²) in [6, 6.07) is 1.04. The van der Waals surface area contributed by atoms with E-state index in [1.54, 1.807) is 0 Å². The van der Waals surface area contributed by atoms with E-state index < -0.39 is 42.0 Å². The molecular formula is C10H13FN2O5. The van der Waals surface area contributed by atoms with Crippen LogP contribution in [0, 0.1) is 0 Å². The standard InChI is InChI=1S/C10H13FN2O5/c1-10(11)7(16)5(4-14)18-8(10)13-3-2-6(15)12-9(13)17/h2-3,5,7-8,14,16H,4H2,1H3,(H,12,15,17)/t5-,7-,8-,10-/m0/s1. The number of hydrogen-bond donors (Lipinski definition) is 3. The van der Waals surface area contributed by atoms with Crippen molar-refractivity contribution in [2.45, 2.75) is 31.0 Å². The molecule has 18 heavy (non-hydrogen) atoms. The SMILES string of the molecule is C[C@@]1(F)[C@@H](n2ccc(=O)[nH]c2=O)O[C@@H](CO)[C@@H]1O. The van der Waals surface area contributed by atoms with Crippen molar-refractivity contribution >= 4 is 0 Å². The lowest BCUT2D eigenvalue weighted by molar-refractivity contribution is -0.0611. The van der Waals surface area contributed by atoms with Gasteiger partial charge in [-0.25, -0.2) is 9.18 Å². The molecular weight excluding hydrogens is 247 g/mol. The molecule has 0 unspecified atom stereocenters. The van der Waals surface area contributed by atoms with E-state index in [1.807, 2.05) is 4.98 Å². The Morgan fingerprint density at radius 2 is 2.28 bits per heavy atom. The summed E-state index contributed by atoms with van der Waals surface area (Å²) in [7, 11) is 0. The van der Waals surface area contributed by atoms with Crippen LogP contribution in [-0.4, -0.2) is 44.2 Å². The second-order valence-corrected chi connectivity index (χ2v) is 4.32. The summed E-state index contributed by atoms with van der Waals surface area (Å²) in [5.74, 6) is 0. The Bertz CT molecular complexity index is 552. The number of aromatic nitrogens is 2. The Balaban J connectivity index is 2.45. The summed E-state index contributed by atoms with van der Waals surface area (Å²) in [6.45, 7) is 0.491. The van der Waals surface area contributed by atoms with Crippen LogP contribution >= 0.6 is 0 Å². The van der Waals surface area contributed by atoms with Crippen LogP contribution in [0.5, 0.6) is 0 Å². The number of nitrogens with zero attached hydrogens (tertiary/aromatic N) is 1. The van der Waals surface area contributed by atoms with Gasteiger partial charge < -0.3 is 14.9 Å². The molecule has 1 aromatic rings. The van der Waals surface area contributed by atoms with Crippen LogP contribution in [0.4, 0.5) is 4.39 Å². The Hall–Kier alpha value is -1.51. The number of aliphatic hydroxyl groups is 2. The van der Waals surface area contributed by atoms with Crippen LogP contribution < -0.4 is 11.2 Å². The highest BCUT2D eigenvalue weighted by Gasteiger charge is 2.54. The van der Waals surface area contributed by atoms with Crippen molar-refractivity contribution < 1.29 is 19.3 Å². The number of aliphatic hydroxyl groups excluding tert-OH is 2. The minimum atomic E-state index is -2.25. The van der Waals surface area contributed by atoms with Gasteiger partial charge in [0.25, 0.3) is 5.56 Å². The van der Waals surface area contributed by atoms with Gasteiger partial charge in [0, 0.05) is 12.3 Å². The lowest BCUT2D eigenvalue weighted by Gasteiger charge is -2.24. The van der Waals surface area contributed by atoms with E-state index in [0.29, 0.717) is 0 Å². The van der Waals surface area contributed by atoms with Crippen LogP contribution in [0.15, 0.2) is 21.9 Å². The first-order valence-corrected chi connectivity index (χ1v) is 5.32. The lowest BCUT2D eigenvalue weighted by atomic mass is 9.98. The van der Waals surface area contributed by atoms with Crippen molar-refractivity contribution in [3.8, 4) is 0 Å². The number of halogens is 1. The maximum atomic E-state index is 14.3. The molecule has 1 fully saturated rings. The van der Waals surface area contributed by atoms with Crippen LogP contribution in [-0.2, 0) is 4.74 Å². The molecule has 8 heteroatoms. The van der Waals surface area contributed by atoms with Gasteiger partial charge in [0.15, 0.2) is 11.9 Å². The quantitative estimate of drug-likeness (QED) is 0.601. The molecule has 1 saturated heterocycles. The highest BCUT2D eigenvalue weighted by Crippen LogP contribution is 2.40. The molecule has 0 amide bonds. The second-order valence-electron chi connectivity index (χ2n) is 4.32. The van der Waals surface area contributed by atoms with Crippen LogP contribution in [0.25, 0.3) is 0 Å². The predicted octanol–water partition coefficient (Wildman–Crippen LogP) is -1.48. The van der Waals surface area contributed by atoms with Crippen LogP contribution in [0.1, 0.15) is 13.2 Å². The van der Waals surface area contributed by atoms with E-state index in [-0.39, 0.29) is 0 Å². The fraction of sp³-hybridized carbons (Fsp3) is 0.600. The maximum absolute atomic E-state index is 14.3. The van der Waals surface area contributed by atoms with E-state index in [2.05, 4.69) is 0 Å². The van der Waals surface area contributed by atoms with E-state index in [4.69, 9.17) is 9.84 Å². The average Bonchev–Trinajstić information content (AvgIpc) is 2.52. The molecule has 0 aliphatic carbocycles. The van der Waals surface area contributed by atoms with Gasteiger partial charge in [-0.15, -0.1) is 0 Å². The third kappa shape index (κ3) is 1.88. The maximum Gasteiger partial charge on any atom is 0.330 e. The van der Waals surface area contributed by atoms with Gasteiger partial charge in [-0.2, -0.15) is 0 Å². The van der Waals surface area contributed by atoms with E-state index >= 15 is 0 Å². The molecule has 0 saturated carbocycles. The molecule has 1 aliphatic heterocycles. The molecule has 0 radical (unpaired) electrons. The van der Waals surface area contributed by atoms with Gasteiger partial charge in [-0.1, -0.05) is 0 Å². The minimum Gasteiger partial charge on any atom is -0.394 e. The molecule has 7 nitrogen and oxygen atoms in total. The lowest BCUT2D eigenvalue weighted by Crippen LogP contribution is -2.43. The number of H-pyrrole nitrogens is 1. The highest BCUT2D eigenvalue weighted by molar-refractivity contribution is 5.01. The molecule has 3 N–H and O–H groups in total. The Morgan fingerprint density at radius 3 is 2.78 bits per heavy atom. The first-order chi connectivity index (χ1) is 8.37. The molecule has 0 spiro atoms. The smallest absolute Gasteiger partial charge is 0.330 e. The Kier molecular flexibility index (Phi) is 3.09. The van der Waals surface area contributed by atoms with Crippen molar-refractivity contribution in [3.63, 3.8) is 0 Å². The number of rotatable bonds is 2. The number of nitrogens with one attached hydrogen (secondary N) is 1. The van der Waals surface area contributed by atoms with E-state index in [9.17, 15) is 19.1 Å². The first kappa shape index (κ1) is 12.9. The number of alkyl halides is 1. The van der Waals surface area contributed by atoms with E-state index in [0.717, 1.165) is 23.8 Å². The Labute approximate surface area is 100 Å². The summed E-state index contributed by atoms with van der Waals surface area (Å²) in [6.07, 6.45) is -3.01. The first-order valence-electron chi connectivity index (χ1n) is 5.32. The second kappa shape index (κ2) is 4.30.